The second kappa shape index (κ2) is 6.25. The van der Waals surface area contributed by atoms with Crippen molar-refractivity contribution >= 4 is 11.9 Å². The van der Waals surface area contributed by atoms with Gasteiger partial charge in [-0.2, -0.15) is 5.10 Å². The lowest BCUT2D eigenvalue weighted by molar-refractivity contribution is -0.157. The summed E-state index contributed by atoms with van der Waals surface area (Å²) in [4.78, 5) is 26.5. The molecule has 2 aromatic rings. The molecule has 0 bridgehead atoms. The van der Waals surface area contributed by atoms with Crippen molar-refractivity contribution in [2.45, 2.75) is 13.3 Å². The lowest BCUT2D eigenvalue weighted by Crippen LogP contribution is -2.45. The van der Waals surface area contributed by atoms with Crippen LogP contribution >= 0.6 is 0 Å². The van der Waals surface area contributed by atoms with Crippen molar-refractivity contribution in [3.8, 4) is 5.69 Å². The number of aryl methyl sites for hydroxylation is 1. The average molecular weight is 355 g/mol. The quantitative estimate of drug-likeness (QED) is 0.907. The molecule has 7 heteroatoms. The normalized spacial score (nSPS) is 25.1. The van der Waals surface area contributed by atoms with Crippen molar-refractivity contribution in [1.82, 2.24) is 14.7 Å². The van der Waals surface area contributed by atoms with Gasteiger partial charge < -0.3 is 14.7 Å². The SMILES string of the molecule is Cc1cc(C(=O)N2C[C@H]3COCC[C@@]3(C(=O)O)C2)nn1-c1ccccc1. The molecule has 2 saturated heterocycles. The number of aromatic nitrogens is 2. The fraction of sp³-hybridized carbons (Fsp3) is 0.421. The monoisotopic (exact) mass is 355 g/mol. The highest BCUT2D eigenvalue weighted by molar-refractivity contribution is 5.93. The number of carboxylic acid groups (broad SMARTS) is 1. The fourth-order valence-corrected chi connectivity index (χ4v) is 4.03. The Morgan fingerprint density at radius 3 is 2.77 bits per heavy atom. The molecule has 0 radical (unpaired) electrons. The van der Waals surface area contributed by atoms with Crippen LogP contribution in [0.3, 0.4) is 0 Å². The molecule has 1 N–H and O–H groups in total. The summed E-state index contributed by atoms with van der Waals surface area (Å²) in [5.74, 6) is -1.24. The van der Waals surface area contributed by atoms with E-state index in [1.54, 1.807) is 15.6 Å². The molecule has 2 aliphatic rings. The minimum absolute atomic E-state index is 0.171. The van der Waals surface area contributed by atoms with E-state index < -0.39 is 11.4 Å². The first-order chi connectivity index (χ1) is 12.5. The molecule has 2 fully saturated rings. The molecular formula is C19H21N3O4. The molecule has 26 heavy (non-hydrogen) atoms. The van der Waals surface area contributed by atoms with Crippen LogP contribution in [-0.4, -0.2) is 58.0 Å². The first-order valence-corrected chi connectivity index (χ1v) is 8.74. The molecule has 1 aromatic heterocycles. The van der Waals surface area contributed by atoms with Crippen molar-refractivity contribution in [2.75, 3.05) is 26.3 Å². The van der Waals surface area contributed by atoms with Gasteiger partial charge >= 0.3 is 5.97 Å². The van der Waals surface area contributed by atoms with Gasteiger partial charge in [-0.3, -0.25) is 9.59 Å². The molecule has 1 amide bonds. The van der Waals surface area contributed by atoms with Gasteiger partial charge in [0, 0.05) is 31.3 Å². The van der Waals surface area contributed by atoms with Crippen LogP contribution in [0.4, 0.5) is 0 Å². The Bertz CT molecular complexity index is 848. The summed E-state index contributed by atoms with van der Waals surface area (Å²) in [6, 6.07) is 11.4. The molecule has 4 rings (SSSR count). The van der Waals surface area contributed by atoms with Crippen LogP contribution in [0.2, 0.25) is 0 Å². The number of hydrogen-bond donors (Lipinski definition) is 1. The Balaban J connectivity index is 1.60. The van der Waals surface area contributed by atoms with Crippen LogP contribution < -0.4 is 0 Å². The minimum Gasteiger partial charge on any atom is -0.481 e. The molecule has 3 heterocycles. The van der Waals surface area contributed by atoms with Crippen LogP contribution in [0.25, 0.3) is 5.69 Å². The van der Waals surface area contributed by atoms with E-state index in [0.717, 1.165) is 11.4 Å². The summed E-state index contributed by atoms with van der Waals surface area (Å²) >= 11 is 0. The number of fused-ring (bicyclic) bond motifs is 1. The number of para-hydroxylation sites is 1. The first kappa shape index (κ1) is 16.8. The van der Waals surface area contributed by atoms with E-state index in [4.69, 9.17) is 4.74 Å². The number of carbonyl (C=O) groups is 2. The molecule has 7 nitrogen and oxygen atoms in total. The van der Waals surface area contributed by atoms with E-state index in [9.17, 15) is 14.7 Å². The Morgan fingerprint density at radius 1 is 1.31 bits per heavy atom. The topological polar surface area (TPSA) is 84.7 Å². The zero-order valence-electron chi connectivity index (χ0n) is 14.6. The van der Waals surface area contributed by atoms with Crippen molar-refractivity contribution in [2.24, 2.45) is 11.3 Å². The molecule has 2 aliphatic heterocycles. The second-order valence-corrected chi connectivity index (χ2v) is 7.09. The van der Waals surface area contributed by atoms with Crippen LogP contribution in [0.5, 0.6) is 0 Å². The zero-order chi connectivity index (χ0) is 18.3. The Labute approximate surface area is 151 Å². The number of likely N-dealkylation sites (tertiary alicyclic amines) is 1. The third-order valence-corrected chi connectivity index (χ3v) is 5.53. The summed E-state index contributed by atoms with van der Waals surface area (Å²) in [6.45, 7) is 3.31. The number of aliphatic carboxylic acids is 1. The fourth-order valence-electron chi connectivity index (χ4n) is 4.03. The molecule has 0 saturated carbocycles. The van der Waals surface area contributed by atoms with Crippen LogP contribution in [0.15, 0.2) is 36.4 Å². The number of nitrogens with zero attached hydrogens (tertiary/aromatic N) is 3. The van der Waals surface area contributed by atoms with Gasteiger partial charge in [-0.05, 0) is 31.5 Å². The molecule has 0 spiro atoms. The smallest absolute Gasteiger partial charge is 0.311 e. The highest BCUT2D eigenvalue weighted by Gasteiger charge is 2.55. The lowest BCUT2D eigenvalue weighted by Gasteiger charge is -2.33. The van der Waals surface area contributed by atoms with Crippen molar-refractivity contribution in [3.63, 3.8) is 0 Å². The summed E-state index contributed by atoms with van der Waals surface area (Å²) < 4.78 is 7.18. The summed E-state index contributed by atoms with van der Waals surface area (Å²) in [5, 5.41) is 14.2. The van der Waals surface area contributed by atoms with Crippen LogP contribution in [0, 0.1) is 18.3 Å². The number of carboxylic acids is 1. The summed E-state index contributed by atoms with van der Waals surface area (Å²) in [7, 11) is 0. The van der Waals surface area contributed by atoms with E-state index in [-0.39, 0.29) is 18.4 Å². The Morgan fingerprint density at radius 2 is 2.08 bits per heavy atom. The maximum atomic E-state index is 13.0. The van der Waals surface area contributed by atoms with Gasteiger partial charge in [0.2, 0.25) is 0 Å². The third kappa shape index (κ3) is 2.59. The number of carbonyl (C=O) groups excluding carboxylic acids is 1. The van der Waals surface area contributed by atoms with Gasteiger partial charge in [0.25, 0.3) is 5.91 Å². The van der Waals surface area contributed by atoms with E-state index in [1.165, 1.54) is 0 Å². The minimum atomic E-state index is -0.898. The number of rotatable bonds is 3. The molecular weight excluding hydrogens is 334 g/mol. The van der Waals surface area contributed by atoms with Gasteiger partial charge in [-0.15, -0.1) is 0 Å². The number of ether oxygens (including phenoxy) is 1. The second-order valence-electron chi connectivity index (χ2n) is 7.09. The van der Waals surface area contributed by atoms with Gasteiger partial charge in [-0.1, -0.05) is 18.2 Å². The Hall–Kier alpha value is -2.67. The predicted octanol–water partition coefficient (Wildman–Crippen LogP) is 1.74. The van der Waals surface area contributed by atoms with Crippen LogP contribution in [-0.2, 0) is 9.53 Å². The third-order valence-electron chi connectivity index (χ3n) is 5.53. The summed E-state index contributed by atoms with van der Waals surface area (Å²) in [5.41, 5.74) is 1.18. The maximum Gasteiger partial charge on any atom is 0.311 e. The predicted molar refractivity (Wildman–Crippen MR) is 93.2 cm³/mol. The molecule has 136 valence electrons. The number of benzene rings is 1. The van der Waals surface area contributed by atoms with Gasteiger partial charge in [-0.25, -0.2) is 4.68 Å². The lowest BCUT2D eigenvalue weighted by atomic mass is 9.74. The number of hydrogen-bond acceptors (Lipinski definition) is 4. The van der Waals surface area contributed by atoms with Gasteiger partial charge in [0.15, 0.2) is 5.69 Å². The zero-order valence-corrected chi connectivity index (χ0v) is 14.6. The van der Waals surface area contributed by atoms with Crippen LogP contribution in [0.1, 0.15) is 22.6 Å². The molecule has 2 atom stereocenters. The first-order valence-electron chi connectivity index (χ1n) is 8.74. The van der Waals surface area contributed by atoms with Crippen molar-refractivity contribution < 1.29 is 19.4 Å². The van der Waals surface area contributed by atoms with Crippen molar-refractivity contribution in [3.05, 3.63) is 47.8 Å². The number of amides is 1. The van der Waals surface area contributed by atoms with E-state index >= 15 is 0 Å². The standard InChI is InChI=1S/C19H21N3O4/c1-13-9-16(20-22(13)15-5-3-2-4-6-15)17(23)21-10-14-11-26-8-7-19(14,12-21)18(24)25/h2-6,9,14H,7-8,10-12H2,1H3,(H,24,25)/t14-,19+/m0/s1. The molecule has 0 unspecified atom stereocenters. The van der Waals surface area contributed by atoms with Crippen molar-refractivity contribution in [1.29, 1.82) is 0 Å². The molecule has 1 aromatic carbocycles. The average Bonchev–Trinajstić information content (AvgIpc) is 3.23. The van der Waals surface area contributed by atoms with Gasteiger partial charge in [0.1, 0.15) is 0 Å². The summed E-state index contributed by atoms with van der Waals surface area (Å²) in [6.07, 6.45) is 0.439. The molecule has 0 aliphatic carbocycles. The van der Waals surface area contributed by atoms with E-state index in [2.05, 4.69) is 5.10 Å². The highest BCUT2D eigenvalue weighted by atomic mass is 16.5. The Kier molecular flexibility index (Phi) is 4.03. The maximum absolute atomic E-state index is 13.0. The van der Waals surface area contributed by atoms with Gasteiger partial charge in [0.05, 0.1) is 17.7 Å². The highest BCUT2D eigenvalue weighted by Crippen LogP contribution is 2.42. The van der Waals surface area contributed by atoms with E-state index in [0.29, 0.717) is 31.9 Å². The van der Waals surface area contributed by atoms with E-state index in [1.807, 2.05) is 37.3 Å². The largest absolute Gasteiger partial charge is 0.481 e.